The summed E-state index contributed by atoms with van der Waals surface area (Å²) < 4.78 is 5.63. The van der Waals surface area contributed by atoms with Gasteiger partial charge >= 0.3 is 5.97 Å². The van der Waals surface area contributed by atoms with E-state index in [0.29, 0.717) is 19.6 Å². The summed E-state index contributed by atoms with van der Waals surface area (Å²) >= 11 is 0. The second-order valence-electron chi connectivity index (χ2n) is 4.86. The lowest BCUT2D eigenvalue weighted by atomic mass is 9.98. The van der Waals surface area contributed by atoms with Crippen LogP contribution in [0.3, 0.4) is 0 Å². The molecule has 1 aromatic carbocycles. The number of hydrogen-bond donors (Lipinski definition) is 3. The van der Waals surface area contributed by atoms with E-state index >= 15 is 0 Å². The zero-order valence-corrected chi connectivity index (χ0v) is 12.9. The molecular formula is C16H25NO4. The van der Waals surface area contributed by atoms with Crippen LogP contribution in [0.4, 0.5) is 0 Å². The van der Waals surface area contributed by atoms with Crippen molar-refractivity contribution in [1.82, 2.24) is 5.32 Å². The van der Waals surface area contributed by atoms with Crippen molar-refractivity contribution >= 4 is 5.97 Å². The Bertz CT molecular complexity index is 462. The highest BCUT2D eigenvalue weighted by Gasteiger charge is 2.28. The van der Waals surface area contributed by atoms with Crippen LogP contribution in [0, 0.1) is 6.92 Å². The summed E-state index contributed by atoms with van der Waals surface area (Å²) in [6, 6.07) is 5.54. The first-order valence-corrected chi connectivity index (χ1v) is 7.44. The van der Waals surface area contributed by atoms with Crippen molar-refractivity contribution in [2.45, 2.75) is 45.8 Å². The van der Waals surface area contributed by atoms with Gasteiger partial charge in [0, 0.05) is 12.0 Å². The molecule has 2 unspecified atom stereocenters. The van der Waals surface area contributed by atoms with Crippen LogP contribution in [0.5, 0.6) is 5.75 Å². The minimum atomic E-state index is -0.803. The zero-order valence-electron chi connectivity index (χ0n) is 12.9. The first-order chi connectivity index (χ1) is 10.1. The number of benzene rings is 1. The van der Waals surface area contributed by atoms with Crippen molar-refractivity contribution < 1.29 is 19.7 Å². The number of hydrogen-bond acceptors (Lipinski definition) is 4. The molecule has 0 aromatic heterocycles. The molecule has 0 saturated carbocycles. The van der Waals surface area contributed by atoms with Gasteiger partial charge in [-0.05, 0) is 31.5 Å². The summed E-state index contributed by atoms with van der Waals surface area (Å²) in [5.41, 5.74) is 1.88. The normalized spacial score (nSPS) is 19.8. The van der Waals surface area contributed by atoms with E-state index in [-0.39, 0.29) is 12.5 Å². The second-order valence-corrected chi connectivity index (χ2v) is 4.86. The van der Waals surface area contributed by atoms with Gasteiger partial charge in [0.2, 0.25) is 0 Å². The van der Waals surface area contributed by atoms with Crippen LogP contribution in [-0.2, 0) is 4.79 Å². The lowest BCUT2D eigenvalue weighted by molar-refractivity contribution is -0.137. The fourth-order valence-electron chi connectivity index (χ4n) is 2.20. The van der Waals surface area contributed by atoms with Gasteiger partial charge in [-0.15, -0.1) is 0 Å². The van der Waals surface area contributed by atoms with E-state index in [1.54, 1.807) is 0 Å². The lowest BCUT2D eigenvalue weighted by Gasteiger charge is -2.31. The molecule has 2 atom stereocenters. The molecule has 1 aromatic rings. The van der Waals surface area contributed by atoms with Crippen molar-refractivity contribution in [2.24, 2.45) is 0 Å². The van der Waals surface area contributed by atoms with Crippen LogP contribution in [-0.4, -0.2) is 35.4 Å². The molecule has 1 heterocycles. The third-order valence-corrected chi connectivity index (χ3v) is 3.26. The third-order valence-electron chi connectivity index (χ3n) is 3.26. The van der Waals surface area contributed by atoms with Crippen LogP contribution in [0.25, 0.3) is 0 Å². The molecule has 1 aliphatic heterocycles. The predicted octanol–water partition coefficient (Wildman–Crippen LogP) is 2.27. The van der Waals surface area contributed by atoms with Gasteiger partial charge in [-0.1, -0.05) is 26.0 Å². The first-order valence-electron chi connectivity index (χ1n) is 7.44. The summed E-state index contributed by atoms with van der Waals surface area (Å²) in [7, 11) is 0. The molecule has 0 radical (unpaired) electrons. The molecule has 0 amide bonds. The molecule has 0 spiro atoms. The van der Waals surface area contributed by atoms with Crippen LogP contribution in [0.1, 0.15) is 43.9 Å². The third kappa shape index (κ3) is 5.02. The average Bonchev–Trinajstić information content (AvgIpc) is 2.47. The molecule has 0 saturated heterocycles. The Labute approximate surface area is 125 Å². The van der Waals surface area contributed by atoms with E-state index in [1.165, 1.54) is 0 Å². The first kappa shape index (κ1) is 17.5. The number of fused-ring (bicyclic) bond motifs is 1. The van der Waals surface area contributed by atoms with Crippen molar-refractivity contribution in [3.05, 3.63) is 29.3 Å². The SMILES string of the molecule is CC.Cc1ccc2c(c1)OCC(NCCCC(=O)O)C2O. The lowest BCUT2D eigenvalue weighted by Crippen LogP contribution is -2.43. The second kappa shape index (κ2) is 8.64. The minimum absolute atomic E-state index is 0.131. The van der Waals surface area contributed by atoms with E-state index in [0.717, 1.165) is 16.9 Å². The molecule has 118 valence electrons. The number of carboxylic acids is 1. The Morgan fingerprint density at radius 2 is 2.14 bits per heavy atom. The molecule has 0 aliphatic carbocycles. The maximum atomic E-state index is 10.4. The summed E-state index contributed by atoms with van der Waals surface area (Å²) in [4.78, 5) is 10.4. The minimum Gasteiger partial charge on any atom is -0.491 e. The Hall–Kier alpha value is -1.59. The fraction of sp³-hybridized carbons (Fsp3) is 0.562. The number of carboxylic acid groups (broad SMARTS) is 1. The summed E-state index contributed by atoms with van der Waals surface area (Å²) in [5, 5.41) is 22.0. The Balaban J connectivity index is 0.00000106. The number of aliphatic hydroxyl groups is 1. The number of aryl methyl sites for hydroxylation is 1. The molecule has 3 N–H and O–H groups in total. The average molecular weight is 295 g/mol. The van der Waals surface area contributed by atoms with Gasteiger partial charge in [0.05, 0.1) is 6.04 Å². The molecule has 0 bridgehead atoms. The van der Waals surface area contributed by atoms with Crippen LogP contribution < -0.4 is 10.1 Å². The van der Waals surface area contributed by atoms with Crippen LogP contribution in [0.2, 0.25) is 0 Å². The maximum absolute atomic E-state index is 10.4. The monoisotopic (exact) mass is 295 g/mol. The summed E-state index contributed by atoms with van der Waals surface area (Å²) in [6.45, 7) is 6.93. The van der Waals surface area contributed by atoms with E-state index in [9.17, 15) is 9.90 Å². The largest absolute Gasteiger partial charge is 0.491 e. The highest BCUT2D eigenvalue weighted by Crippen LogP contribution is 2.32. The van der Waals surface area contributed by atoms with Gasteiger partial charge in [0.25, 0.3) is 0 Å². The summed E-state index contributed by atoms with van der Waals surface area (Å²) in [6.07, 6.45) is 0.0559. The molecule has 21 heavy (non-hydrogen) atoms. The van der Waals surface area contributed by atoms with E-state index < -0.39 is 12.1 Å². The van der Waals surface area contributed by atoms with E-state index in [2.05, 4.69) is 5.32 Å². The standard InChI is InChI=1S/C14H19NO4.C2H6/c1-9-4-5-10-12(7-9)19-8-11(14(10)18)15-6-2-3-13(16)17;1-2/h4-5,7,11,14-15,18H,2-3,6,8H2,1H3,(H,16,17);1-2H3. The van der Waals surface area contributed by atoms with Gasteiger partial charge in [0.1, 0.15) is 18.5 Å². The molecule has 5 nitrogen and oxygen atoms in total. The number of ether oxygens (including phenoxy) is 1. The van der Waals surface area contributed by atoms with E-state index in [1.807, 2.05) is 39.0 Å². The molecule has 2 rings (SSSR count). The maximum Gasteiger partial charge on any atom is 0.303 e. The highest BCUT2D eigenvalue weighted by molar-refractivity contribution is 5.66. The molecule has 0 fully saturated rings. The zero-order chi connectivity index (χ0) is 15.8. The van der Waals surface area contributed by atoms with Gasteiger partial charge in [-0.2, -0.15) is 0 Å². The Kier molecular flexibility index (Phi) is 7.19. The summed E-state index contributed by atoms with van der Waals surface area (Å²) in [5.74, 6) is -0.0702. The van der Waals surface area contributed by atoms with Crippen LogP contribution >= 0.6 is 0 Å². The Morgan fingerprint density at radius 1 is 1.43 bits per heavy atom. The predicted molar refractivity (Wildman–Crippen MR) is 81.6 cm³/mol. The van der Waals surface area contributed by atoms with Gasteiger partial charge in [0.15, 0.2) is 0 Å². The number of aliphatic carboxylic acids is 1. The Morgan fingerprint density at radius 3 is 2.81 bits per heavy atom. The van der Waals surface area contributed by atoms with Crippen molar-refractivity contribution in [1.29, 1.82) is 0 Å². The number of carbonyl (C=O) groups is 1. The molecule has 5 heteroatoms. The quantitative estimate of drug-likeness (QED) is 0.726. The topological polar surface area (TPSA) is 78.8 Å². The number of nitrogens with one attached hydrogen (secondary N) is 1. The molecular weight excluding hydrogens is 270 g/mol. The molecule has 1 aliphatic rings. The smallest absolute Gasteiger partial charge is 0.303 e. The fourth-order valence-corrected chi connectivity index (χ4v) is 2.20. The van der Waals surface area contributed by atoms with Crippen LogP contribution in [0.15, 0.2) is 18.2 Å². The van der Waals surface area contributed by atoms with Gasteiger partial charge in [-0.25, -0.2) is 0 Å². The van der Waals surface area contributed by atoms with E-state index in [4.69, 9.17) is 9.84 Å². The number of rotatable bonds is 5. The highest BCUT2D eigenvalue weighted by atomic mass is 16.5. The van der Waals surface area contributed by atoms with Gasteiger partial charge in [-0.3, -0.25) is 4.79 Å². The van der Waals surface area contributed by atoms with Gasteiger partial charge < -0.3 is 20.3 Å². The van der Waals surface area contributed by atoms with Crippen molar-refractivity contribution in [2.75, 3.05) is 13.2 Å². The van der Waals surface area contributed by atoms with Crippen molar-refractivity contribution in [3.8, 4) is 5.75 Å². The van der Waals surface area contributed by atoms with Crippen molar-refractivity contribution in [3.63, 3.8) is 0 Å². The number of aliphatic hydroxyl groups excluding tert-OH is 1.